The van der Waals surface area contributed by atoms with Gasteiger partial charge in [-0.15, -0.1) is 0 Å². The van der Waals surface area contributed by atoms with Gasteiger partial charge in [0, 0.05) is 37.4 Å². The standard InChI is InChI=1S/C20H31N3O2/c1-5-14(2)16(4)20(25)22-18-7-10-23(11-8-18)19(24)12-17-13-21-9-6-15(17)3/h6,9,13-14,16,18H,5,7-8,10-12H2,1-4H3,(H,22,25). The van der Waals surface area contributed by atoms with Gasteiger partial charge in [0.25, 0.3) is 0 Å². The molecule has 0 radical (unpaired) electrons. The molecule has 0 aliphatic carbocycles. The number of amides is 2. The van der Waals surface area contributed by atoms with Crippen LogP contribution in [0.4, 0.5) is 0 Å². The number of rotatable bonds is 6. The highest BCUT2D eigenvalue weighted by Crippen LogP contribution is 2.17. The third-order valence-electron chi connectivity index (χ3n) is 5.59. The van der Waals surface area contributed by atoms with Gasteiger partial charge in [-0.25, -0.2) is 0 Å². The molecule has 0 bridgehead atoms. The lowest BCUT2D eigenvalue weighted by Gasteiger charge is -2.33. The number of aromatic nitrogens is 1. The zero-order valence-corrected chi connectivity index (χ0v) is 15.9. The summed E-state index contributed by atoms with van der Waals surface area (Å²) >= 11 is 0. The number of nitrogens with one attached hydrogen (secondary N) is 1. The van der Waals surface area contributed by atoms with E-state index >= 15 is 0 Å². The average Bonchev–Trinajstić information content (AvgIpc) is 2.62. The molecule has 0 aromatic carbocycles. The quantitative estimate of drug-likeness (QED) is 0.862. The Morgan fingerprint density at radius 1 is 1.32 bits per heavy atom. The van der Waals surface area contributed by atoms with Gasteiger partial charge in [-0.3, -0.25) is 14.6 Å². The molecule has 2 rings (SSSR count). The van der Waals surface area contributed by atoms with E-state index in [0.717, 1.165) is 30.4 Å². The van der Waals surface area contributed by atoms with Crippen molar-refractivity contribution in [3.8, 4) is 0 Å². The Balaban J connectivity index is 1.80. The lowest BCUT2D eigenvalue weighted by molar-refractivity contribution is -0.131. The molecule has 2 atom stereocenters. The molecule has 2 heterocycles. The van der Waals surface area contributed by atoms with Crippen LogP contribution in [0.25, 0.3) is 0 Å². The number of piperidine rings is 1. The average molecular weight is 345 g/mol. The Morgan fingerprint density at radius 3 is 2.60 bits per heavy atom. The number of carbonyl (C=O) groups excluding carboxylic acids is 2. The minimum Gasteiger partial charge on any atom is -0.353 e. The van der Waals surface area contributed by atoms with E-state index in [2.05, 4.69) is 24.1 Å². The van der Waals surface area contributed by atoms with E-state index in [1.165, 1.54) is 0 Å². The first-order valence-corrected chi connectivity index (χ1v) is 9.40. The first-order chi connectivity index (χ1) is 11.9. The highest BCUT2D eigenvalue weighted by atomic mass is 16.2. The summed E-state index contributed by atoms with van der Waals surface area (Å²) in [4.78, 5) is 30.8. The van der Waals surface area contributed by atoms with E-state index in [0.29, 0.717) is 25.4 Å². The molecule has 2 unspecified atom stereocenters. The summed E-state index contributed by atoms with van der Waals surface area (Å²) in [6.45, 7) is 9.65. The fourth-order valence-electron chi connectivity index (χ4n) is 3.17. The van der Waals surface area contributed by atoms with Gasteiger partial charge in [0.15, 0.2) is 0 Å². The van der Waals surface area contributed by atoms with Gasteiger partial charge in [-0.1, -0.05) is 27.2 Å². The van der Waals surface area contributed by atoms with Gasteiger partial charge in [-0.05, 0) is 42.9 Å². The predicted octanol–water partition coefficient (Wildman–Crippen LogP) is 2.72. The smallest absolute Gasteiger partial charge is 0.227 e. The Labute approximate surface area is 151 Å². The zero-order chi connectivity index (χ0) is 18.4. The Morgan fingerprint density at radius 2 is 2.00 bits per heavy atom. The van der Waals surface area contributed by atoms with Crippen LogP contribution in [0.3, 0.4) is 0 Å². The van der Waals surface area contributed by atoms with Gasteiger partial charge < -0.3 is 10.2 Å². The van der Waals surface area contributed by atoms with Crippen molar-refractivity contribution < 1.29 is 9.59 Å². The number of aryl methyl sites for hydroxylation is 1. The van der Waals surface area contributed by atoms with Crippen LogP contribution in [0.15, 0.2) is 18.5 Å². The molecule has 1 N–H and O–H groups in total. The lowest BCUT2D eigenvalue weighted by atomic mass is 9.92. The van der Waals surface area contributed by atoms with E-state index in [4.69, 9.17) is 0 Å². The van der Waals surface area contributed by atoms with Crippen LogP contribution in [0.1, 0.15) is 51.2 Å². The van der Waals surface area contributed by atoms with Crippen molar-refractivity contribution in [3.05, 3.63) is 29.6 Å². The fourth-order valence-corrected chi connectivity index (χ4v) is 3.17. The molecule has 25 heavy (non-hydrogen) atoms. The Kier molecular flexibility index (Phi) is 6.97. The lowest BCUT2D eigenvalue weighted by Crippen LogP contribution is -2.48. The number of hydrogen-bond acceptors (Lipinski definition) is 3. The molecule has 2 amide bonds. The largest absolute Gasteiger partial charge is 0.353 e. The normalized spacial score (nSPS) is 17.8. The molecule has 0 spiro atoms. The van der Waals surface area contributed by atoms with Crippen LogP contribution in [0.2, 0.25) is 0 Å². The van der Waals surface area contributed by atoms with Crippen LogP contribution >= 0.6 is 0 Å². The Bertz CT molecular complexity index is 594. The molecular weight excluding hydrogens is 314 g/mol. The molecule has 0 saturated carbocycles. The summed E-state index contributed by atoms with van der Waals surface area (Å²) in [5.41, 5.74) is 2.09. The molecule has 1 fully saturated rings. The SMILES string of the molecule is CCC(C)C(C)C(=O)NC1CCN(C(=O)Cc2cnccc2C)CC1. The second kappa shape index (κ2) is 8.97. The molecule has 1 aliphatic heterocycles. The van der Waals surface area contributed by atoms with Crippen LogP contribution in [0.5, 0.6) is 0 Å². The minimum atomic E-state index is 0.0400. The van der Waals surface area contributed by atoms with E-state index in [1.807, 2.05) is 24.8 Å². The van der Waals surface area contributed by atoms with Crippen molar-refractivity contribution in [2.45, 2.75) is 59.4 Å². The maximum absolute atomic E-state index is 12.5. The van der Waals surface area contributed by atoms with Crippen molar-refractivity contribution in [1.82, 2.24) is 15.2 Å². The summed E-state index contributed by atoms with van der Waals surface area (Å²) in [5, 5.41) is 3.17. The number of likely N-dealkylation sites (tertiary alicyclic amines) is 1. The predicted molar refractivity (Wildman–Crippen MR) is 99.0 cm³/mol. The molecule has 1 aromatic rings. The fraction of sp³-hybridized carbons (Fsp3) is 0.650. The van der Waals surface area contributed by atoms with Gasteiger partial charge in [-0.2, -0.15) is 0 Å². The van der Waals surface area contributed by atoms with E-state index in [1.54, 1.807) is 12.4 Å². The topological polar surface area (TPSA) is 62.3 Å². The molecule has 1 aliphatic rings. The van der Waals surface area contributed by atoms with E-state index in [-0.39, 0.29) is 23.8 Å². The first-order valence-electron chi connectivity index (χ1n) is 9.40. The van der Waals surface area contributed by atoms with E-state index in [9.17, 15) is 9.59 Å². The maximum Gasteiger partial charge on any atom is 0.227 e. The van der Waals surface area contributed by atoms with Crippen molar-refractivity contribution in [3.63, 3.8) is 0 Å². The summed E-state index contributed by atoms with van der Waals surface area (Å²) in [7, 11) is 0. The summed E-state index contributed by atoms with van der Waals surface area (Å²) < 4.78 is 0. The molecule has 5 nitrogen and oxygen atoms in total. The van der Waals surface area contributed by atoms with Crippen molar-refractivity contribution in [2.75, 3.05) is 13.1 Å². The zero-order valence-electron chi connectivity index (χ0n) is 15.9. The van der Waals surface area contributed by atoms with Gasteiger partial charge >= 0.3 is 0 Å². The van der Waals surface area contributed by atoms with Gasteiger partial charge in [0.2, 0.25) is 11.8 Å². The van der Waals surface area contributed by atoms with E-state index < -0.39 is 0 Å². The molecule has 5 heteroatoms. The number of carbonyl (C=O) groups is 2. The molecule has 138 valence electrons. The highest BCUT2D eigenvalue weighted by molar-refractivity contribution is 5.80. The molecule has 1 saturated heterocycles. The summed E-state index contributed by atoms with van der Waals surface area (Å²) in [6.07, 6.45) is 6.60. The third-order valence-corrected chi connectivity index (χ3v) is 5.59. The number of hydrogen-bond donors (Lipinski definition) is 1. The van der Waals surface area contributed by atoms with Gasteiger partial charge in [0.05, 0.1) is 6.42 Å². The second-order valence-electron chi connectivity index (χ2n) is 7.32. The maximum atomic E-state index is 12.5. The third kappa shape index (κ3) is 5.28. The number of pyridine rings is 1. The highest BCUT2D eigenvalue weighted by Gasteiger charge is 2.26. The summed E-state index contributed by atoms with van der Waals surface area (Å²) in [6, 6.07) is 2.12. The molecular formula is C20H31N3O2. The van der Waals surface area contributed by atoms with Crippen LogP contribution in [0, 0.1) is 18.8 Å². The second-order valence-corrected chi connectivity index (χ2v) is 7.32. The minimum absolute atomic E-state index is 0.0400. The van der Waals surface area contributed by atoms with Crippen molar-refractivity contribution >= 4 is 11.8 Å². The monoisotopic (exact) mass is 345 g/mol. The summed E-state index contributed by atoms with van der Waals surface area (Å²) in [5.74, 6) is 0.724. The van der Waals surface area contributed by atoms with Crippen molar-refractivity contribution in [2.24, 2.45) is 11.8 Å². The van der Waals surface area contributed by atoms with Crippen LogP contribution in [-0.4, -0.2) is 40.8 Å². The van der Waals surface area contributed by atoms with Crippen LogP contribution in [-0.2, 0) is 16.0 Å². The van der Waals surface area contributed by atoms with Crippen LogP contribution < -0.4 is 5.32 Å². The first kappa shape index (κ1) is 19.4. The number of nitrogens with zero attached hydrogens (tertiary/aromatic N) is 2. The Hall–Kier alpha value is -1.91. The van der Waals surface area contributed by atoms with Gasteiger partial charge in [0.1, 0.15) is 0 Å². The molecule has 1 aromatic heterocycles. The van der Waals surface area contributed by atoms with Crippen molar-refractivity contribution in [1.29, 1.82) is 0 Å².